The molecule has 1 unspecified atom stereocenters. The first kappa shape index (κ1) is 40.7. The molecule has 12 heteroatoms. The smallest absolute Gasteiger partial charge is 0.341 e. The molecular weight excluding hydrogens is 781 g/mol. The molecule has 298 valence electrons. The number of anilines is 2. The number of methoxy groups -OCH3 is 2. The summed E-state index contributed by atoms with van der Waals surface area (Å²) < 4.78 is 10.6. The SMILES string of the molecule is COC(=O)c1c(NC(=O)C(Sc2cccc(NC(=O)/C(=C/c3cccc(OC)c3)NC(=O)c3ccccc3)c2)c2ccccc2)sc2c1CCN(Cc1ccccc1)C2. The number of benzene rings is 5. The van der Waals surface area contributed by atoms with Crippen molar-refractivity contribution in [2.75, 3.05) is 31.4 Å². The average molecular weight is 823 g/mol. The van der Waals surface area contributed by atoms with Crippen LogP contribution in [-0.4, -0.2) is 49.4 Å². The maximum absolute atomic E-state index is 14.4. The van der Waals surface area contributed by atoms with E-state index in [4.69, 9.17) is 9.47 Å². The highest BCUT2D eigenvalue weighted by Gasteiger charge is 2.31. The monoisotopic (exact) mass is 822 g/mol. The minimum atomic E-state index is -0.727. The summed E-state index contributed by atoms with van der Waals surface area (Å²) in [7, 11) is 2.91. The largest absolute Gasteiger partial charge is 0.497 e. The van der Waals surface area contributed by atoms with Gasteiger partial charge in [-0.25, -0.2) is 4.79 Å². The normalized spacial score (nSPS) is 13.1. The molecule has 0 saturated carbocycles. The summed E-state index contributed by atoms with van der Waals surface area (Å²) in [6, 6.07) is 42.6. The number of ether oxygens (including phenoxy) is 2. The Morgan fingerprint density at radius 3 is 2.25 bits per heavy atom. The van der Waals surface area contributed by atoms with Gasteiger partial charge in [0.05, 0.1) is 19.8 Å². The van der Waals surface area contributed by atoms with Crippen LogP contribution in [0.15, 0.2) is 150 Å². The maximum Gasteiger partial charge on any atom is 0.341 e. The summed E-state index contributed by atoms with van der Waals surface area (Å²) >= 11 is 2.72. The second-order valence-corrected chi connectivity index (χ2v) is 16.0. The van der Waals surface area contributed by atoms with Gasteiger partial charge in [0.1, 0.15) is 21.7 Å². The number of thioether (sulfide) groups is 1. The second kappa shape index (κ2) is 19.3. The summed E-state index contributed by atoms with van der Waals surface area (Å²) in [5.41, 5.74) is 4.80. The fourth-order valence-corrected chi connectivity index (χ4v) is 9.10. The van der Waals surface area contributed by atoms with E-state index < -0.39 is 23.0 Å². The summed E-state index contributed by atoms with van der Waals surface area (Å²) in [5.74, 6) is -1.19. The van der Waals surface area contributed by atoms with Gasteiger partial charge in [0, 0.05) is 40.7 Å². The highest BCUT2D eigenvalue weighted by molar-refractivity contribution is 8.00. The molecule has 5 aromatic carbocycles. The fourth-order valence-electron chi connectivity index (χ4n) is 6.74. The molecule has 1 aromatic heterocycles. The Hall–Kier alpha value is -6.47. The molecule has 2 heterocycles. The maximum atomic E-state index is 14.4. The molecule has 0 spiro atoms. The molecule has 59 heavy (non-hydrogen) atoms. The third-order valence-corrected chi connectivity index (χ3v) is 12.0. The lowest BCUT2D eigenvalue weighted by atomic mass is 10.0. The Morgan fingerprint density at radius 2 is 1.53 bits per heavy atom. The van der Waals surface area contributed by atoms with Crippen LogP contribution in [-0.2, 0) is 33.8 Å². The Balaban J connectivity index is 1.12. The van der Waals surface area contributed by atoms with Crippen LogP contribution >= 0.6 is 23.1 Å². The lowest BCUT2D eigenvalue weighted by Gasteiger charge is -2.27. The van der Waals surface area contributed by atoms with E-state index in [2.05, 4.69) is 33.0 Å². The van der Waals surface area contributed by atoms with Gasteiger partial charge in [-0.05, 0) is 77.2 Å². The summed E-state index contributed by atoms with van der Waals surface area (Å²) in [6.07, 6.45) is 2.24. The van der Waals surface area contributed by atoms with Crippen LogP contribution in [0.2, 0.25) is 0 Å². The summed E-state index contributed by atoms with van der Waals surface area (Å²) in [5, 5.41) is 8.53. The van der Waals surface area contributed by atoms with Crippen molar-refractivity contribution in [3.8, 4) is 5.75 Å². The number of fused-ring (bicyclic) bond motifs is 1. The number of amides is 3. The van der Waals surface area contributed by atoms with Gasteiger partial charge in [0.15, 0.2) is 0 Å². The van der Waals surface area contributed by atoms with E-state index >= 15 is 0 Å². The van der Waals surface area contributed by atoms with E-state index in [0.717, 1.165) is 29.1 Å². The van der Waals surface area contributed by atoms with E-state index in [9.17, 15) is 19.2 Å². The Kier molecular flexibility index (Phi) is 13.3. The molecule has 6 aromatic rings. The quantitative estimate of drug-likeness (QED) is 0.0565. The van der Waals surface area contributed by atoms with Crippen molar-refractivity contribution in [3.63, 3.8) is 0 Å². The van der Waals surface area contributed by atoms with Gasteiger partial charge >= 0.3 is 5.97 Å². The van der Waals surface area contributed by atoms with Crippen LogP contribution in [0.4, 0.5) is 10.7 Å². The number of nitrogens with zero attached hydrogens (tertiary/aromatic N) is 1. The third-order valence-electron chi connectivity index (χ3n) is 9.63. The molecule has 7 rings (SSSR count). The van der Waals surface area contributed by atoms with Crippen LogP contribution in [0.3, 0.4) is 0 Å². The van der Waals surface area contributed by atoms with Crippen molar-refractivity contribution in [3.05, 3.63) is 183 Å². The molecule has 10 nitrogen and oxygen atoms in total. The second-order valence-electron chi connectivity index (χ2n) is 13.7. The number of carbonyl (C=O) groups excluding carboxylic acids is 4. The Labute approximate surface area is 351 Å². The highest BCUT2D eigenvalue weighted by Crippen LogP contribution is 2.41. The van der Waals surface area contributed by atoms with Gasteiger partial charge in [0.2, 0.25) is 5.91 Å². The molecule has 0 saturated heterocycles. The minimum Gasteiger partial charge on any atom is -0.497 e. The topological polar surface area (TPSA) is 126 Å². The molecule has 1 atom stereocenters. The number of esters is 1. The highest BCUT2D eigenvalue weighted by atomic mass is 32.2. The van der Waals surface area contributed by atoms with E-state index in [-0.39, 0.29) is 11.6 Å². The molecule has 1 aliphatic rings. The number of thiophene rings is 1. The number of hydrogen-bond donors (Lipinski definition) is 3. The first-order valence-corrected chi connectivity index (χ1v) is 20.6. The van der Waals surface area contributed by atoms with Gasteiger partial charge < -0.3 is 25.4 Å². The van der Waals surface area contributed by atoms with Crippen molar-refractivity contribution >= 4 is 63.6 Å². The van der Waals surface area contributed by atoms with Gasteiger partial charge in [0.25, 0.3) is 11.8 Å². The molecule has 1 aliphatic heterocycles. The van der Waals surface area contributed by atoms with Crippen molar-refractivity contribution in [1.82, 2.24) is 10.2 Å². The predicted octanol–water partition coefficient (Wildman–Crippen LogP) is 8.98. The van der Waals surface area contributed by atoms with Gasteiger partial charge in [-0.1, -0.05) is 97.1 Å². The number of hydrogen-bond acceptors (Lipinski definition) is 9. The van der Waals surface area contributed by atoms with E-state index in [1.165, 1.54) is 35.8 Å². The Bertz CT molecular complexity index is 2470. The first-order chi connectivity index (χ1) is 28.8. The van der Waals surface area contributed by atoms with Crippen LogP contribution in [0, 0.1) is 0 Å². The van der Waals surface area contributed by atoms with Crippen molar-refractivity contribution in [1.29, 1.82) is 0 Å². The van der Waals surface area contributed by atoms with Crippen molar-refractivity contribution < 1.29 is 28.7 Å². The van der Waals surface area contributed by atoms with Crippen LogP contribution < -0.4 is 20.7 Å². The van der Waals surface area contributed by atoms with Crippen LogP contribution in [0.1, 0.15) is 53.1 Å². The molecule has 3 amide bonds. The van der Waals surface area contributed by atoms with Gasteiger partial charge in [-0.15, -0.1) is 23.1 Å². The van der Waals surface area contributed by atoms with Gasteiger partial charge in [-0.3, -0.25) is 19.3 Å². The number of nitrogens with one attached hydrogen (secondary N) is 3. The molecule has 0 aliphatic carbocycles. The third kappa shape index (κ3) is 10.3. The summed E-state index contributed by atoms with van der Waals surface area (Å²) in [6.45, 7) is 2.20. The first-order valence-electron chi connectivity index (χ1n) is 18.9. The molecule has 0 radical (unpaired) electrons. The van der Waals surface area contributed by atoms with E-state index in [1.54, 1.807) is 79.9 Å². The Morgan fingerprint density at radius 1 is 0.814 bits per heavy atom. The van der Waals surface area contributed by atoms with E-state index in [0.29, 0.717) is 51.0 Å². The lowest BCUT2D eigenvalue weighted by molar-refractivity contribution is -0.116. The number of carbonyl (C=O) groups is 4. The molecule has 3 N–H and O–H groups in total. The molecular formula is C47H42N4O6S2. The predicted molar refractivity (Wildman–Crippen MR) is 234 cm³/mol. The average Bonchev–Trinajstić information content (AvgIpc) is 3.62. The standard InChI is InChI=1S/C47H42N4O6S2/c1-56-36-22-12-16-32(26-36)27-39(49-43(52)34-19-10-5-11-20-34)44(53)48-35-21-13-23-37(28-35)58-42(33-17-8-4-9-18-33)45(54)50-46-41(47(55)57-2)38-24-25-51(30-40(38)59-46)29-31-14-6-3-7-15-31/h3-23,26-28,42H,24-25,29-30H2,1-2H3,(H,48,53)(H,49,52)(H,50,54)/b39-27-. The van der Waals surface area contributed by atoms with Crippen LogP contribution in [0.25, 0.3) is 6.08 Å². The zero-order chi connectivity index (χ0) is 41.1. The van der Waals surface area contributed by atoms with Crippen molar-refractivity contribution in [2.45, 2.75) is 29.7 Å². The van der Waals surface area contributed by atoms with Crippen molar-refractivity contribution in [2.24, 2.45) is 0 Å². The van der Waals surface area contributed by atoms with Gasteiger partial charge in [-0.2, -0.15) is 0 Å². The number of rotatable bonds is 14. The fraction of sp³-hybridized carbons (Fsp3) is 0.149. The zero-order valence-corrected chi connectivity index (χ0v) is 34.1. The lowest BCUT2D eigenvalue weighted by Crippen LogP contribution is -2.30. The molecule has 0 bridgehead atoms. The zero-order valence-electron chi connectivity index (χ0n) is 32.5. The summed E-state index contributed by atoms with van der Waals surface area (Å²) in [4.78, 5) is 58.8. The van der Waals surface area contributed by atoms with E-state index in [1.807, 2.05) is 60.7 Å². The van der Waals surface area contributed by atoms with Crippen LogP contribution in [0.5, 0.6) is 5.75 Å². The minimum absolute atomic E-state index is 0.0231. The molecule has 0 fully saturated rings.